The van der Waals surface area contributed by atoms with Crippen LogP contribution in [-0.4, -0.2) is 48.6 Å². The molecule has 2 atom stereocenters. The number of nitrogens with one attached hydrogen (secondary N) is 1. The summed E-state index contributed by atoms with van der Waals surface area (Å²) in [5.41, 5.74) is 0.823. The van der Waals surface area contributed by atoms with Crippen molar-refractivity contribution in [1.29, 1.82) is 0 Å². The van der Waals surface area contributed by atoms with E-state index >= 15 is 0 Å². The highest BCUT2D eigenvalue weighted by Gasteiger charge is 2.46. The maximum atomic E-state index is 12.7. The molecule has 1 aliphatic heterocycles. The lowest BCUT2D eigenvalue weighted by atomic mass is 9.86. The topological polar surface area (TPSA) is 66.5 Å². The van der Waals surface area contributed by atoms with Gasteiger partial charge < -0.3 is 10.2 Å². The van der Waals surface area contributed by atoms with E-state index in [-0.39, 0.29) is 19.5 Å². The minimum Gasteiger partial charge on any atom is -0.350 e. The number of likely N-dealkylation sites (tertiary alicyclic amines) is 1. The van der Waals surface area contributed by atoms with Gasteiger partial charge in [0.15, 0.2) is 0 Å². The Morgan fingerprint density at radius 3 is 2.54 bits per heavy atom. The van der Waals surface area contributed by atoms with E-state index in [1.54, 1.807) is 31.2 Å². The number of halogens is 2. The van der Waals surface area contributed by atoms with Gasteiger partial charge in [-0.25, -0.2) is 8.78 Å². The summed E-state index contributed by atoms with van der Waals surface area (Å²) >= 11 is 0. The molecule has 0 aromatic heterocycles. The largest absolute Gasteiger partial charge is 0.350 e. The second kappa shape index (κ2) is 7.99. The Morgan fingerprint density at radius 1 is 1.29 bits per heavy atom. The van der Waals surface area contributed by atoms with Gasteiger partial charge in [-0.3, -0.25) is 14.4 Å². The normalized spacial score (nSPS) is 20.5. The Balaban J connectivity index is 2.21. The fraction of sp³-hybridized carbons (Fsp3) is 0.471. The van der Waals surface area contributed by atoms with Crippen LogP contribution in [0.4, 0.5) is 8.78 Å². The molecule has 0 saturated carbocycles. The smallest absolute Gasteiger partial charge is 0.287 e. The van der Waals surface area contributed by atoms with Gasteiger partial charge in [-0.1, -0.05) is 30.3 Å². The van der Waals surface area contributed by atoms with Crippen LogP contribution in [0.25, 0.3) is 0 Å². The molecule has 2 amide bonds. The molecule has 1 aromatic carbocycles. The van der Waals surface area contributed by atoms with Gasteiger partial charge >= 0.3 is 0 Å². The van der Waals surface area contributed by atoms with Gasteiger partial charge in [-0.05, 0) is 18.9 Å². The standard InChI is InChI=1S/C17H20F2N2O3/c1-2-20-16(23)15(22)13-9-21(10-14(18)19)17(24)12(13)8-11-6-4-3-5-7-11/h3-7,12-14H,2,8-10H2,1H3,(H,20,23)/t12-,13+/m1/s1. The number of benzene rings is 1. The third-order valence-electron chi connectivity index (χ3n) is 4.09. The third-order valence-corrected chi connectivity index (χ3v) is 4.09. The first-order valence-electron chi connectivity index (χ1n) is 7.87. The van der Waals surface area contributed by atoms with Crippen LogP contribution in [0.15, 0.2) is 30.3 Å². The van der Waals surface area contributed by atoms with Crippen LogP contribution in [0.5, 0.6) is 0 Å². The average molecular weight is 338 g/mol. The predicted molar refractivity (Wildman–Crippen MR) is 83.4 cm³/mol. The first-order chi connectivity index (χ1) is 11.4. The predicted octanol–water partition coefficient (Wildman–Crippen LogP) is 1.27. The van der Waals surface area contributed by atoms with Crippen molar-refractivity contribution >= 4 is 17.6 Å². The lowest BCUT2D eigenvalue weighted by Crippen LogP contribution is -2.38. The Morgan fingerprint density at radius 2 is 1.96 bits per heavy atom. The fourth-order valence-electron chi connectivity index (χ4n) is 2.97. The van der Waals surface area contributed by atoms with Gasteiger partial charge in [0.2, 0.25) is 11.7 Å². The summed E-state index contributed by atoms with van der Waals surface area (Å²) in [6.45, 7) is 1.10. The van der Waals surface area contributed by atoms with Crippen LogP contribution in [0.2, 0.25) is 0 Å². The van der Waals surface area contributed by atoms with Gasteiger partial charge in [0, 0.05) is 13.1 Å². The maximum Gasteiger partial charge on any atom is 0.287 e. The van der Waals surface area contributed by atoms with Gasteiger partial charge in [0.1, 0.15) is 0 Å². The quantitative estimate of drug-likeness (QED) is 0.762. The second-order valence-corrected chi connectivity index (χ2v) is 5.76. The summed E-state index contributed by atoms with van der Waals surface area (Å²) in [5, 5.41) is 2.41. The Kier molecular flexibility index (Phi) is 6.00. The highest BCUT2D eigenvalue weighted by Crippen LogP contribution is 2.29. The first kappa shape index (κ1) is 18.0. The van der Waals surface area contributed by atoms with Crippen molar-refractivity contribution in [1.82, 2.24) is 10.2 Å². The molecule has 0 aliphatic carbocycles. The van der Waals surface area contributed by atoms with Gasteiger partial charge in [-0.15, -0.1) is 0 Å². The molecule has 2 rings (SSSR count). The van der Waals surface area contributed by atoms with E-state index < -0.39 is 42.4 Å². The molecule has 0 bridgehead atoms. The summed E-state index contributed by atoms with van der Waals surface area (Å²) in [6, 6.07) is 9.02. The van der Waals surface area contributed by atoms with E-state index in [2.05, 4.69) is 5.32 Å². The molecule has 5 nitrogen and oxygen atoms in total. The number of alkyl halides is 2. The van der Waals surface area contributed by atoms with Gasteiger partial charge in [0.25, 0.3) is 12.3 Å². The van der Waals surface area contributed by atoms with Crippen LogP contribution in [0.3, 0.4) is 0 Å². The van der Waals surface area contributed by atoms with Crippen molar-refractivity contribution in [3.8, 4) is 0 Å². The molecule has 130 valence electrons. The molecule has 0 radical (unpaired) electrons. The molecular formula is C17H20F2N2O3. The molecule has 1 N–H and O–H groups in total. The zero-order chi connectivity index (χ0) is 17.7. The molecule has 1 aliphatic rings. The maximum absolute atomic E-state index is 12.7. The average Bonchev–Trinajstić information content (AvgIpc) is 2.84. The Bertz CT molecular complexity index is 607. The van der Waals surface area contributed by atoms with Crippen molar-refractivity contribution in [3.05, 3.63) is 35.9 Å². The van der Waals surface area contributed by atoms with Crippen LogP contribution in [0, 0.1) is 11.8 Å². The van der Waals surface area contributed by atoms with E-state index in [0.717, 1.165) is 10.5 Å². The number of carbonyl (C=O) groups excluding carboxylic acids is 3. The van der Waals surface area contributed by atoms with E-state index in [9.17, 15) is 23.2 Å². The number of amides is 2. The monoisotopic (exact) mass is 338 g/mol. The van der Waals surface area contributed by atoms with Gasteiger partial charge in [-0.2, -0.15) is 0 Å². The number of carbonyl (C=O) groups is 3. The molecule has 7 heteroatoms. The SMILES string of the molecule is CCNC(=O)C(=O)[C@H]1CN(CC(F)F)C(=O)[C@@H]1Cc1ccccc1. The van der Waals surface area contributed by atoms with Crippen molar-refractivity contribution in [2.75, 3.05) is 19.6 Å². The van der Waals surface area contributed by atoms with E-state index in [4.69, 9.17) is 0 Å². The Labute approximate surface area is 139 Å². The molecule has 1 fully saturated rings. The molecule has 1 saturated heterocycles. The summed E-state index contributed by atoms with van der Waals surface area (Å²) in [4.78, 5) is 37.6. The lowest BCUT2D eigenvalue weighted by molar-refractivity contribution is -0.141. The number of hydrogen-bond acceptors (Lipinski definition) is 3. The Hall–Kier alpha value is -2.31. The van der Waals surface area contributed by atoms with E-state index in [1.165, 1.54) is 0 Å². The fourth-order valence-corrected chi connectivity index (χ4v) is 2.97. The van der Waals surface area contributed by atoms with Crippen LogP contribution < -0.4 is 5.32 Å². The highest BCUT2D eigenvalue weighted by molar-refractivity contribution is 6.37. The van der Waals surface area contributed by atoms with Crippen molar-refractivity contribution in [2.45, 2.75) is 19.8 Å². The van der Waals surface area contributed by atoms with Gasteiger partial charge in [0.05, 0.1) is 18.4 Å². The van der Waals surface area contributed by atoms with Crippen molar-refractivity contribution in [2.24, 2.45) is 11.8 Å². The lowest BCUT2D eigenvalue weighted by Gasteiger charge is -2.15. The van der Waals surface area contributed by atoms with E-state index in [1.807, 2.05) is 6.07 Å². The minimum absolute atomic E-state index is 0.142. The number of Topliss-reactive ketones (excluding diaryl/α,β-unsaturated/α-hetero) is 1. The minimum atomic E-state index is -2.68. The number of nitrogens with zero attached hydrogens (tertiary/aromatic N) is 1. The van der Waals surface area contributed by atoms with Crippen molar-refractivity contribution < 1.29 is 23.2 Å². The first-order valence-corrected chi connectivity index (χ1v) is 7.87. The zero-order valence-corrected chi connectivity index (χ0v) is 13.4. The number of ketones is 1. The second-order valence-electron chi connectivity index (χ2n) is 5.76. The van der Waals surface area contributed by atoms with Crippen LogP contribution in [-0.2, 0) is 20.8 Å². The molecule has 1 aromatic rings. The number of likely N-dealkylation sites (N-methyl/N-ethyl adjacent to an activating group) is 1. The zero-order valence-electron chi connectivity index (χ0n) is 13.4. The number of hydrogen-bond donors (Lipinski definition) is 1. The third kappa shape index (κ3) is 4.15. The molecule has 1 heterocycles. The molecule has 0 unspecified atom stereocenters. The highest BCUT2D eigenvalue weighted by atomic mass is 19.3. The van der Waals surface area contributed by atoms with Crippen molar-refractivity contribution in [3.63, 3.8) is 0 Å². The van der Waals surface area contributed by atoms with E-state index in [0.29, 0.717) is 0 Å². The molecule has 24 heavy (non-hydrogen) atoms. The summed E-state index contributed by atoms with van der Waals surface area (Å²) in [5.74, 6) is -3.68. The summed E-state index contributed by atoms with van der Waals surface area (Å²) in [6.07, 6.45) is -2.43. The summed E-state index contributed by atoms with van der Waals surface area (Å²) in [7, 11) is 0. The summed E-state index contributed by atoms with van der Waals surface area (Å²) < 4.78 is 25.3. The molecular weight excluding hydrogens is 318 g/mol. The van der Waals surface area contributed by atoms with Crippen LogP contribution >= 0.6 is 0 Å². The molecule has 0 spiro atoms. The number of rotatable bonds is 7. The van der Waals surface area contributed by atoms with Crippen LogP contribution in [0.1, 0.15) is 12.5 Å².